The van der Waals surface area contributed by atoms with E-state index < -0.39 is 11.7 Å². The van der Waals surface area contributed by atoms with Gasteiger partial charge in [-0.3, -0.25) is 14.9 Å². The number of benzene rings is 1. The van der Waals surface area contributed by atoms with Crippen LogP contribution in [0.4, 0.5) is 10.5 Å². The molecule has 2 rings (SSSR count). The largest absolute Gasteiger partial charge is 0.444 e. The van der Waals surface area contributed by atoms with E-state index in [2.05, 4.69) is 10.5 Å². The highest BCUT2D eigenvalue weighted by Crippen LogP contribution is 2.24. The number of hydrogen-bond donors (Lipinski definition) is 1. The first-order chi connectivity index (χ1) is 15.2. The highest BCUT2D eigenvalue weighted by molar-refractivity contribution is 5.95. The van der Waals surface area contributed by atoms with Gasteiger partial charge in [-0.25, -0.2) is 4.79 Å². The molecule has 0 aliphatic rings. The van der Waals surface area contributed by atoms with Gasteiger partial charge in [0.1, 0.15) is 17.1 Å². The molecule has 1 amide bonds. The van der Waals surface area contributed by atoms with Crippen LogP contribution in [0, 0.1) is 0 Å². The zero-order valence-corrected chi connectivity index (χ0v) is 19.5. The van der Waals surface area contributed by atoms with E-state index in [1.54, 1.807) is 45.0 Å². The molecule has 0 fully saturated rings. The summed E-state index contributed by atoms with van der Waals surface area (Å²) in [5, 5.41) is 6.60. The fourth-order valence-electron chi connectivity index (χ4n) is 3.16. The third-order valence-corrected chi connectivity index (χ3v) is 4.84. The first kappa shape index (κ1) is 25.3. The Balaban J connectivity index is 1.82. The third-order valence-electron chi connectivity index (χ3n) is 4.84. The zero-order chi connectivity index (χ0) is 23.6. The number of ketones is 2. The molecule has 1 aromatic heterocycles. The van der Waals surface area contributed by atoms with Gasteiger partial charge < -0.3 is 9.26 Å². The Morgan fingerprint density at radius 2 is 1.69 bits per heavy atom. The number of carbonyl (C=O) groups is 3. The predicted octanol–water partition coefficient (Wildman–Crippen LogP) is 6.58. The highest BCUT2D eigenvalue weighted by Gasteiger charge is 2.17. The summed E-state index contributed by atoms with van der Waals surface area (Å²) in [5.41, 5.74) is 0.975. The Kier molecular flexibility index (Phi) is 9.62. The Morgan fingerprint density at radius 1 is 1.00 bits per heavy atom. The van der Waals surface area contributed by atoms with Crippen LogP contribution in [-0.2, 0) is 9.53 Å². The van der Waals surface area contributed by atoms with Crippen molar-refractivity contribution in [2.45, 2.75) is 84.7 Å². The molecule has 7 heteroatoms. The van der Waals surface area contributed by atoms with Crippen molar-refractivity contribution in [1.29, 1.82) is 0 Å². The molecule has 0 radical (unpaired) electrons. The van der Waals surface area contributed by atoms with Crippen molar-refractivity contribution in [3.8, 4) is 11.3 Å². The van der Waals surface area contributed by atoms with E-state index in [-0.39, 0.29) is 5.78 Å². The molecule has 0 spiro atoms. The van der Waals surface area contributed by atoms with Gasteiger partial charge in [0.15, 0.2) is 11.5 Å². The smallest absolute Gasteiger partial charge is 0.412 e. The van der Waals surface area contributed by atoms with E-state index in [0.29, 0.717) is 47.8 Å². The van der Waals surface area contributed by atoms with E-state index in [4.69, 9.17) is 9.26 Å². The standard InChI is InChI=1S/C25H34N2O5/c1-5-20(28)14-9-7-6-8-10-15-22(29)21-17-23(32-27-21)18-12-11-13-19(16-18)26-24(30)31-25(2,3)4/h11-13,16-17H,5-10,14-15H2,1-4H3,(H,26,30). The van der Waals surface area contributed by atoms with Crippen LogP contribution in [0.3, 0.4) is 0 Å². The number of nitrogens with one attached hydrogen (secondary N) is 1. The van der Waals surface area contributed by atoms with Crippen molar-refractivity contribution >= 4 is 23.3 Å². The Morgan fingerprint density at radius 3 is 2.38 bits per heavy atom. The number of rotatable bonds is 12. The van der Waals surface area contributed by atoms with E-state index in [1.807, 2.05) is 13.0 Å². The molecular weight excluding hydrogens is 408 g/mol. The summed E-state index contributed by atoms with van der Waals surface area (Å²) >= 11 is 0. The molecule has 0 aliphatic heterocycles. The molecule has 174 valence electrons. The van der Waals surface area contributed by atoms with Gasteiger partial charge in [0, 0.05) is 36.6 Å². The van der Waals surface area contributed by atoms with Crippen molar-refractivity contribution in [2.75, 3.05) is 5.32 Å². The molecule has 0 saturated carbocycles. The van der Waals surface area contributed by atoms with E-state index in [0.717, 1.165) is 32.1 Å². The number of unbranched alkanes of at least 4 members (excludes halogenated alkanes) is 4. The molecular formula is C25H34N2O5. The van der Waals surface area contributed by atoms with Gasteiger partial charge >= 0.3 is 6.09 Å². The average Bonchev–Trinajstić information content (AvgIpc) is 3.22. The van der Waals surface area contributed by atoms with Crippen LogP contribution in [0.5, 0.6) is 0 Å². The monoisotopic (exact) mass is 442 g/mol. The fraction of sp³-hybridized carbons (Fsp3) is 0.520. The lowest BCUT2D eigenvalue weighted by Gasteiger charge is -2.19. The predicted molar refractivity (Wildman–Crippen MR) is 124 cm³/mol. The fourth-order valence-corrected chi connectivity index (χ4v) is 3.16. The molecule has 32 heavy (non-hydrogen) atoms. The number of ether oxygens (including phenoxy) is 1. The third kappa shape index (κ3) is 9.04. The van der Waals surface area contributed by atoms with Crippen LogP contribution in [0.2, 0.25) is 0 Å². The van der Waals surface area contributed by atoms with Gasteiger partial charge in [0.05, 0.1) is 0 Å². The van der Waals surface area contributed by atoms with Crippen LogP contribution in [-0.4, -0.2) is 28.4 Å². The lowest BCUT2D eigenvalue weighted by atomic mass is 10.0. The molecule has 0 bridgehead atoms. The van der Waals surface area contributed by atoms with Gasteiger partial charge in [-0.05, 0) is 45.7 Å². The van der Waals surface area contributed by atoms with Crippen LogP contribution in [0.25, 0.3) is 11.3 Å². The number of hydrogen-bond acceptors (Lipinski definition) is 6. The van der Waals surface area contributed by atoms with Crippen LogP contribution < -0.4 is 5.32 Å². The second-order valence-corrected chi connectivity index (χ2v) is 8.87. The summed E-state index contributed by atoms with van der Waals surface area (Å²) in [5.74, 6) is 0.721. The van der Waals surface area contributed by atoms with Crippen molar-refractivity contribution in [3.05, 3.63) is 36.0 Å². The van der Waals surface area contributed by atoms with E-state index in [9.17, 15) is 14.4 Å². The number of amides is 1. The topological polar surface area (TPSA) is 98.5 Å². The van der Waals surface area contributed by atoms with E-state index in [1.165, 1.54) is 0 Å². The van der Waals surface area contributed by atoms with Gasteiger partial charge in [0.25, 0.3) is 0 Å². The summed E-state index contributed by atoms with van der Waals surface area (Å²) in [7, 11) is 0. The molecule has 7 nitrogen and oxygen atoms in total. The Labute approximate surface area is 189 Å². The minimum absolute atomic E-state index is 0.0517. The second kappa shape index (κ2) is 12.2. The summed E-state index contributed by atoms with van der Waals surface area (Å²) in [6.45, 7) is 7.28. The normalized spacial score (nSPS) is 11.2. The first-order valence-corrected chi connectivity index (χ1v) is 11.3. The molecule has 0 atom stereocenters. The molecule has 0 saturated heterocycles. The lowest BCUT2D eigenvalue weighted by Crippen LogP contribution is -2.27. The summed E-state index contributed by atoms with van der Waals surface area (Å²) in [6.07, 6.45) is 5.85. The molecule has 1 heterocycles. The molecule has 0 unspecified atom stereocenters. The van der Waals surface area contributed by atoms with Crippen molar-refractivity contribution in [1.82, 2.24) is 5.16 Å². The van der Waals surface area contributed by atoms with E-state index >= 15 is 0 Å². The molecule has 0 aliphatic carbocycles. The maximum Gasteiger partial charge on any atom is 0.412 e. The summed E-state index contributed by atoms with van der Waals surface area (Å²) in [4.78, 5) is 35.7. The summed E-state index contributed by atoms with van der Waals surface area (Å²) < 4.78 is 10.6. The number of aromatic nitrogens is 1. The summed E-state index contributed by atoms with van der Waals surface area (Å²) in [6, 6.07) is 8.71. The van der Waals surface area contributed by atoms with Crippen LogP contribution in [0.15, 0.2) is 34.9 Å². The Hall–Kier alpha value is -2.96. The minimum Gasteiger partial charge on any atom is -0.444 e. The quantitative estimate of drug-likeness (QED) is 0.294. The maximum atomic E-state index is 12.4. The van der Waals surface area contributed by atoms with Crippen molar-refractivity contribution in [2.24, 2.45) is 0 Å². The maximum absolute atomic E-state index is 12.4. The van der Waals surface area contributed by atoms with Crippen LogP contribution >= 0.6 is 0 Å². The SMILES string of the molecule is CCC(=O)CCCCCCCC(=O)c1cc(-c2cccc(NC(=O)OC(C)(C)C)c2)on1. The highest BCUT2D eigenvalue weighted by atomic mass is 16.6. The van der Waals surface area contributed by atoms with Gasteiger partial charge in [0.2, 0.25) is 0 Å². The lowest BCUT2D eigenvalue weighted by molar-refractivity contribution is -0.118. The number of carbonyl (C=O) groups excluding carboxylic acids is 3. The minimum atomic E-state index is -0.587. The van der Waals surface area contributed by atoms with Crippen molar-refractivity contribution in [3.63, 3.8) is 0 Å². The number of Topliss-reactive ketones (excluding diaryl/α,β-unsaturated/α-hetero) is 2. The zero-order valence-electron chi connectivity index (χ0n) is 19.5. The number of anilines is 1. The van der Waals surface area contributed by atoms with Crippen LogP contribution in [0.1, 0.15) is 89.5 Å². The average molecular weight is 443 g/mol. The van der Waals surface area contributed by atoms with Gasteiger partial charge in [-0.15, -0.1) is 0 Å². The second-order valence-electron chi connectivity index (χ2n) is 8.87. The molecule has 1 aromatic carbocycles. The number of nitrogens with zero attached hydrogens (tertiary/aromatic N) is 1. The first-order valence-electron chi connectivity index (χ1n) is 11.3. The molecule has 2 aromatic rings. The van der Waals surface area contributed by atoms with Gasteiger partial charge in [-0.2, -0.15) is 0 Å². The molecule has 1 N–H and O–H groups in total. The Bertz CT molecular complexity index is 911. The van der Waals surface area contributed by atoms with Crippen molar-refractivity contribution < 1.29 is 23.6 Å². The van der Waals surface area contributed by atoms with Gasteiger partial charge in [-0.1, -0.05) is 43.5 Å².